The van der Waals surface area contributed by atoms with Gasteiger partial charge in [-0.3, -0.25) is 20.2 Å². The average Bonchev–Trinajstić information content (AvgIpc) is 2.78. The van der Waals surface area contributed by atoms with Crippen LogP contribution in [0.5, 0.6) is 0 Å². The summed E-state index contributed by atoms with van der Waals surface area (Å²) in [5.74, 6) is -0.236. The summed E-state index contributed by atoms with van der Waals surface area (Å²) in [7, 11) is 0. The van der Waals surface area contributed by atoms with Crippen molar-refractivity contribution in [2.45, 2.75) is 6.54 Å². The van der Waals surface area contributed by atoms with E-state index < -0.39 is 0 Å². The van der Waals surface area contributed by atoms with Gasteiger partial charge in [0.1, 0.15) is 0 Å². The minimum Gasteiger partial charge on any atom is -0.281 e. The average molecular weight is 380 g/mol. The van der Waals surface area contributed by atoms with Crippen LogP contribution in [0, 0.1) is 0 Å². The number of nitrogens with one attached hydrogen (secondary N) is 1. The molecule has 5 nitrogen and oxygen atoms in total. The van der Waals surface area contributed by atoms with E-state index in [4.69, 9.17) is 0 Å². The van der Waals surface area contributed by atoms with Gasteiger partial charge >= 0.3 is 0 Å². The summed E-state index contributed by atoms with van der Waals surface area (Å²) in [6.07, 6.45) is 4.80. The van der Waals surface area contributed by atoms with E-state index in [9.17, 15) is 4.79 Å². The van der Waals surface area contributed by atoms with Crippen LogP contribution in [0.25, 0.3) is 17.1 Å². The molecule has 1 aromatic heterocycles. The third-order valence-electron chi connectivity index (χ3n) is 4.37. The van der Waals surface area contributed by atoms with Gasteiger partial charge in [-0.2, -0.15) is 0 Å². The summed E-state index contributed by atoms with van der Waals surface area (Å²) < 4.78 is 0. The van der Waals surface area contributed by atoms with E-state index in [-0.39, 0.29) is 5.91 Å². The van der Waals surface area contributed by atoms with Gasteiger partial charge in [-0.15, -0.1) is 0 Å². The number of nitrogens with zero attached hydrogens (tertiary/aromatic N) is 3. The zero-order chi connectivity index (χ0) is 19.9. The fourth-order valence-electron chi connectivity index (χ4n) is 2.95. The monoisotopic (exact) mass is 380 g/mol. The van der Waals surface area contributed by atoms with Crippen molar-refractivity contribution in [1.82, 2.24) is 15.4 Å². The summed E-state index contributed by atoms with van der Waals surface area (Å²) in [4.78, 5) is 21.4. The van der Waals surface area contributed by atoms with Crippen LogP contribution in [0.15, 0.2) is 97.2 Å². The number of carbonyl (C=O) groups excluding carboxylic acids is 1. The van der Waals surface area contributed by atoms with Gasteiger partial charge in [0.05, 0.1) is 35.2 Å². The summed E-state index contributed by atoms with van der Waals surface area (Å²) in [6.45, 7) is 0.556. The lowest BCUT2D eigenvalue weighted by Crippen LogP contribution is -2.41. The molecule has 0 unspecified atom stereocenters. The first-order valence-corrected chi connectivity index (χ1v) is 9.35. The molecular formula is C24H20N4O. The number of para-hydroxylation sites is 3. The van der Waals surface area contributed by atoms with Crippen LogP contribution in [-0.4, -0.2) is 15.9 Å². The number of amides is 1. The smallest absolute Gasteiger partial charge is 0.262 e. The largest absolute Gasteiger partial charge is 0.281 e. The lowest BCUT2D eigenvalue weighted by molar-refractivity contribution is -0.116. The standard InChI is InChI=1S/C24H20N4O/c29-24(16-15-20-17-25-22-13-7-8-14-23(22)26-20)27-28(21-11-5-2-6-12-21)18-19-9-3-1-4-10-19/h1-17H,18H2,(H,27,29)/b16-15+. The van der Waals surface area contributed by atoms with Gasteiger partial charge in [0.15, 0.2) is 0 Å². The Bertz CT molecular complexity index is 1130. The van der Waals surface area contributed by atoms with E-state index >= 15 is 0 Å². The third kappa shape index (κ3) is 4.84. The van der Waals surface area contributed by atoms with Crippen LogP contribution in [0.4, 0.5) is 5.69 Å². The van der Waals surface area contributed by atoms with Crippen molar-refractivity contribution in [2.24, 2.45) is 0 Å². The maximum Gasteiger partial charge on any atom is 0.262 e. The fourth-order valence-corrected chi connectivity index (χ4v) is 2.95. The lowest BCUT2D eigenvalue weighted by Gasteiger charge is -2.25. The second kappa shape index (κ2) is 8.80. The topological polar surface area (TPSA) is 58.1 Å². The molecular weight excluding hydrogens is 360 g/mol. The van der Waals surface area contributed by atoms with Crippen LogP contribution in [-0.2, 0) is 11.3 Å². The zero-order valence-corrected chi connectivity index (χ0v) is 15.8. The summed E-state index contributed by atoms with van der Waals surface area (Å²) in [5.41, 5.74) is 7.21. The number of benzene rings is 3. The second-order valence-corrected chi connectivity index (χ2v) is 6.50. The molecule has 142 valence electrons. The quantitative estimate of drug-likeness (QED) is 0.398. The fraction of sp³-hybridized carbons (Fsp3) is 0.0417. The Hall–Kier alpha value is -3.99. The van der Waals surface area contributed by atoms with Crippen LogP contribution in [0.2, 0.25) is 0 Å². The highest BCUT2D eigenvalue weighted by Crippen LogP contribution is 2.15. The molecule has 0 saturated heterocycles. The van der Waals surface area contributed by atoms with E-state index in [1.165, 1.54) is 6.08 Å². The van der Waals surface area contributed by atoms with Gasteiger partial charge in [-0.1, -0.05) is 60.7 Å². The molecule has 0 atom stereocenters. The van der Waals surface area contributed by atoms with Gasteiger partial charge in [0.25, 0.3) is 5.91 Å². The maximum absolute atomic E-state index is 12.6. The van der Waals surface area contributed by atoms with Gasteiger partial charge in [0, 0.05) is 6.08 Å². The Morgan fingerprint density at radius 3 is 2.28 bits per heavy atom. The number of anilines is 1. The molecule has 5 heteroatoms. The normalized spacial score (nSPS) is 10.9. The van der Waals surface area contributed by atoms with Gasteiger partial charge in [-0.05, 0) is 35.9 Å². The number of carbonyl (C=O) groups is 1. The van der Waals surface area contributed by atoms with E-state index in [1.54, 1.807) is 12.3 Å². The molecule has 29 heavy (non-hydrogen) atoms. The molecule has 0 fully saturated rings. The molecule has 0 spiro atoms. The molecule has 0 aliphatic heterocycles. The number of aromatic nitrogens is 2. The van der Waals surface area contributed by atoms with Crippen LogP contribution in [0.3, 0.4) is 0 Å². The molecule has 4 rings (SSSR count). The van der Waals surface area contributed by atoms with E-state index in [1.807, 2.05) is 89.9 Å². The molecule has 3 aromatic carbocycles. The number of hydrogen-bond donors (Lipinski definition) is 1. The van der Waals surface area contributed by atoms with Crippen molar-refractivity contribution in [2.75, 3.05) is 5.01 Å². The highest BCUT2D eigenvalue weighted by molar-refractivity contribution is 5.92. The highest BCUT2D eigenvalue weighted by Gasteiger charge is 2.09. The Morgan fingerprint density at radius 1 is 0.862 bits per heavy atom. The summed E-state index contributed by atoms with van der Waals surface area (Å²) in [6, 6.07) is 27.4. The van der Waals surface area contributed by atoms with E-state index in [0.29, 0.717) is 12.2 Å². The predicted octanol–water partition coefficient (Wildman–Crippen LogP) is 4.38. The van der Waals surface area contributed by atoms with Crippen LogP contribution in [0.1, 0.15) is 11.3 Å². The van der Waals surface area contributed by atoms with Crippen LogP contribution >= 0.6 is 0 Å². The van der Waals surface area contributed by atoms with Gasteiger partial charge < -0.3 is 0 Å². The van der Waals surface area contributed by atoms with Crippen molar-refractivity contribution in [3.05, 3.63) is 108 Å². The molecule has 1 N–H and O–H groups in total. The molecule has 1 heterocycles. The third-order valence-corrected chi connectivity index (χ3v) is 4.37. The number of hydrogen-bond acceptors (Lipinski definition) is 4. The SMILES string of the molecule is O=C(/C=C/c1cnc2ccccc2n1)NN(Cc1ccccc1)c1ccccc1. The lowest BCUT2D eigenvalue weighted by atomic mass is 10.2. The van der Waals surface area contributed by atoms with E-state index in [2.05, 4.69) is 15.4 Å². The Balaban J connectivity index is 1.50. The van der Waals surface area contributed by atoms with Crippen molar-refractivity contribution in [3.8, 4) is 0 Å². The number of fused-ring (bicyclic) bond motifs is 1. The minimum absolute atomic E-state index is 0.236. The second-order valence-electron chi connectivity index (χ2n) is 6.50. The Labute approximate surface area is 169 Å². The summed E-state index contributed by atoms with van der Waals surface area (Å²) in [5, 5.41) is 1.83. The van der Waals surface area contributed by atoms with Crippen molar-refractivity contribution in [3.63, 3.8) is 0 Å². The van der Waals surface area contributed by atoms with E-state index in [0.717, 1.165) is 22.3 Å². The zero-order valence-electron chi connectivity index (χ0n) is 15.8. The number of rotatable bonds is 6. The summed E-state index contributed by atoms with van der Waals surface area (Å²) >= 11 is 0. The molecule has 1 amide bonds. The molecule has 4 aromatic rings. The maximum atomic E-state index is 12.6. The van der Waals surface area contributed by atoms with Crippen LogP contribution < -0.4 is 10.4 Å². The predicted molar refractivity (Wildman–Crippen MR) is 116 cm³/mol. The first-order valence-electron chi connectivity index (χ1n) is 9.35. The first-order chi connectivity index (χ1) is 14.3. The Kier molecular flexibility index (Phi) is 5.58. The molecule has 0 aliphatic rings. The highest BCUT2D eigenvalue weighted by atomic mass is 16.2. The molecule has 0 radical (unpaired) electrons. The molecule has 0 saturated carbocycles. The van der Waals surface area contributed by atoms with Crippen molar-refractivity contribution >= 4 is 28.7 Å². The Morgan fingerprint density at radius 2 is 1.52 bits per heavy atom. The van der Waals surface area contributed by atoms with Gasteiger partial charge in [0.2, 0.25) is 0 Å². The number of hydrazine groups is 1. The van der Waals surface area contributed by atoms with Crippen molar-refractivity contribution in [1.29, 1.82) is 0 Å². The minimum atomic E-state index is -0.236. The first kappa shape index (κ1) is 18.4. The van der Waals surface area contributed by atoms with Crippen molar-refractivity contribution < 1.29 is 4.79 Å². The molecule has 0 bridgehead atoms. The molecule has 0 aliphatic carbocycles. The van der Waals surface area contributed by atoms with Gasteiger partial charge in [-0.25, -0.2) is 4.98 Å².